The van der Waals surface area contributed by atoms with Crippen LogP contribution in [0.15, 0.2) is 91.0 Å². The summed E-state index contributed by atoms with van der Waals surface area (Å²) in [6, 6.07) is 28.9. The number of ether oxygens (including phenoxy) is 1. The van der Waals surface area contributed by atoms with Gasteiger partial charge >= 0.3 is 6.09 Å². The molecule has 4 nitrogen and oxygen atoms in total. The van der Waals surface area contributed by atoms with Crippen molar-refractivity contribution in [3.63, 3.8) is 0 Å². The molecule has 0 aliphatic carbocycles. The van der Waals surface area contributed by atoms with Crippen LogP contribution in [0.2, 0.25) is 0 Å². The molecule has 1 fully saturated rings. The molecule has 3 aromatic carbocycles. The van der Waals surface area contributed by atoms with Gasteiger partial charge in [0.25, 0.3) is 0 Å². The number of benzene rings is 3. The van der Waals surface area contributed by atoms with Crippen molar-refractivity contribution in [2.24, 2.45) is 0 Å². The molecule has 1 aliphatic heterocycles. The fourth-order valence-corrected chi connectivity index (χ4v) is 4.07. The molecule has 0 saturated carbocycles. The SMILES string of the molecule is O=CC1CCOC(=O)N1C(c1ccccc1)(c1ccccc1)c1ccccc1. The number of cyclic esters (lactones) is 1. The lowest BCUT2D eigenvalue weighted by Crippen LogP contribution is -2.59. The summed E-state index contributed by atoms with van der Waals surface area (Å²) in [4.78, 5) is 26.7. The van der Waals surface area contributed by atoms with E-state index < -0.39 is 17.7 Å². The third-order valence-corrected chi connectivity index (χ3v) is 5.26. The molecule has 28 heavy (non-hydrogen) atoms. The van der Waals surface area contributed by atoms with Crippen molar-refractivity contribution < 1.29 is 14.3 Å². The molecule has 1 atom stereocenters. The summed E-state index contributed by atoms with van der Waals surface area (Å²) in [5, 5.41) is 0. The molecule has 0 spiro atoms. The van der Waals surface area contributed by atoms with Crippen molar-refractivity contribution in [1.29, 1.82) is 0 Å². The Morgan fingerprint density at radius 3 is 1.61 bits per heavy atom. The normalized spacial score (nSPS) is 17.1. The first kappa shape index (κ1) is 18.0. The van der Waals surface area contributed by atoms with Gasteiger partial charge in [0.2, 0.25) is 0 Å². The van der Waals surface area contributed by atoms with Crippen LogP contribution in [0.25, 0.3) is 0 Å². The Morgan fingerprint density at radius 2 is 1.21 bits per heavy atom. The minimum atomic E-state index is -0.979. The van der Waals surface area contributed by atoms with E-state index in [2.05, 4.69) is 0 Å². The number of hydrogen-bond acceptors (Lipinski definition) is 3. The number of amides is 1. The predicted octanol–water partition coefficient (Wildman–Crippen LogP) is 4.39. The second kappa shape index (κ2) is 7.69. The standard InChI is InChI=1S/C24H21NO3/c26-18-22-16-17-28-23(27)25(22)24(19-10-4-1-5-11-19,20-12-6-2-7-13-20)21-14-8-3-9-15-21/h1-15,18,22H,16-17H2. The molecule has 1 amide bonds. The smallest absolute Gasteiger partial charge is 0.411 e. The molecule has 1 unspecified atom stereocenters. The Morgan fingerprint density at radius 1 is 0.786 bits per heavy atom. The molecule has 1 saturated heterocycles. The van der Waals surface area contributed by atoms with Gasteiger partial charge in [0.15, 0.2) is 0 Å². The van der Waals surface area contributed by atoms with Crippen molar-refractivity contribution in [2.45, 2.75) is 18.0 Å². The number of aldehydes is 1. The highest BCUT2D eigenvalue weighted by Crippen LogP contribution is 2.44. The van der Waals surface area contributed by atoms with Crippen molar-refractivity contribution in [3.05, 3.63) is 108 Å². The van der Waals surface area contributed by atoms with Gasteiger partial charge in [-0.25, -0.2) is 4.79 Å². The van der Waals surface area contributed by atoms with Crippen LogP contribution in [0.5, 0.6) is 0 Å². The molecule has 3 aromatic rings. The van der Waals surface area contributed by atoms with Crippen LogP contribution in [0.4, 0.5) is 4.79 Å². The van der Waals surface area contributed by atoms with Gasteiger partial charge < -0.3 is 9.53 Å². The molecular formula is C24H21NO3. The van der Waals surface area contributed by atoms with E-state index in [1.807, 2.05) is 91.0 Å². The maximum Gasteiger partial charge on any atom is 0.411 e. The molecular weight excluding hydrogens is 350 g/mol. The second-order valence-electron chi connectivity index (χ2n) is 6.78. The van der Waals surface area contributed by atoms with E-state index in [1.165, 1.54) is 0 Å². The fourth-order valence-electron chi connectivity index (χ4n) is 4.07. The monoisotopic (exact) mass is 371 g/mol. The topological polar surface area (TPSA) is 46.6 Å². The van der Waals surface area contributed by atoms with E-state index in [9.17, 15) is 9.59 Å². The van der Waals surface area contributed by atoms with Crippen LogP contribution < -0.4 is 0 Å². The summed E-state index contributed by atoms with van der Waals surface area (Å²) >= 11 is 0. The van der Waals surface area contributed by atoms with Crippen LogP contribution in [-0.2, 0) is 15.1 Å². The average molecular weight is 371 g/mol. The van der Waals surface area contributed by atoms with Crippen LogP contribution >= 0.6 is 0 Å². The van der Waals surface area contributed by atoms with Gasteiger partial charge in [-0.3, -0.25) is 4.90 Å². The van der Waals surface area contributed by atoms with Crippen LogP contribution in [-0.4, -0.2) is 29.9 Å². The zero-order chi connectivity index (χ0) is 19.4. The number of nitrogens with zero attached hydrogens (tertiary/aromatic N) is 1. The molecule has 0 bridgehead atoms. The van der Waals surface area contributed by atoms with Gasteiger partial charge in [-0.1, -0.05) is 91.0 Å². The zero-order valence-electron chi connectivity index (χ0n) is 15.4. The van der Waals surface area contributed by atoms with Crippen molar-refractivity contribution in [3.8, 4) is 0 Å². The van der Waals surface area contributed by atoms with E-state index >= 15 is 0 Å². The van der Waals surface area contributed by atoms with Gasteiger partial charge in [0, 0.05) is 6.42 Å². The van der Waals surface area contributed by atoms with E-state index in [4.69, 9.17) is 4.74 Å². The summed E-state index contributed by atoms with van der Waals surface area (Å²) in [5.41, 5.74) is 1.72. The summed E-state index contributed by atoms with van der Waals surface area (Å²) < 4.78 is 5.42. The highest BCUT2D eigenvalue weighted by Gasteiger charge is 2.49. The van der Waals surface area contributed by atoms with Gasteiger partial charge in [-0.05, 0) is 16.7 Å². The molecule has 140 valence electrons. The third kappa shape index (κ3) is 2.87. The average Bonchev–Trinajstić information content (AvgIpc) is 2.77. The molecule has 0 radical (unpaired) electrons. The fraction of sp³-hybridized carbons (Fsp3) is 0.167. The number of hydrogen-bond donors (Lipinski definition) is 0. The Kier molecular flexibility index (Phi) is 4.94. The number of carbonyl (C=O) groups excluding carboxylic acids is 2. The number of carbonyl (C=O) groups is 2. The van der Waals surface area contributed by atoms with Gasteiger partial charge in [0.05, 0.1) is 12.6 Å². The van der Waals surface area contributed by atoms with Crippen molar-refractivity contribution in [2.75, 3.05) is 6.61 Å². The Hall–Kier alpha value is -3.40. The van der Waals surface area contributed by atoms with Gasteiger partial charge in [0.1, 0.15) is 11.8 Å². The Bertz CT molecular complexity index is 845. The molecule has 0 aromatic heterocycles. The minimum Gasteiger partial charge on any atom is -0.449 e. The molecule has 1 aliphatic rings. The highest BCUT2D eigenvalue weighted by atomic mass is 16.6. The molecule has 4 rings (SSSR count). The molecule has 0 N–H and O–H groups in total. The lowest BCUT2D eigenvalue weighted by Gasteiger charge is -2.48. The third-order valence-electron chi connectivity index (χ3n) is 5.26. The van der Waals surface area contributed by atoms with E-state index in [0.717, 1.165) is 23.0 Å². The number of rotatable bonds is 5. The summed E-state index contributed by atoms with van der Waals surface area (Å²) in [5.74, 6) is 0. The van der Waals surface area contributed by atoms with Gasteiger partial charge in [-0.15, -0.1) is 0 Å². The van der Waals surface area contributed by atoms with Crippen LogP contribution in [0.1, 0.15) is 23.1 Å². The summed E-state index contributed by atoms with van der Waals surface area (Å²) in [7, 11) is 0. The van der Waals surface area contributed by atoms with E-state index in [0.29, 0.717) is 6.42 Å². The lowest BCUT2D eigenvalue weighted by molar-refractivity contribution is -0.115. The van der Waals surface area contributed by atoms with Crippen molar-refractivity contribution in [1.82, 2.24) is 4.90 Å². The minimum absolute atomic E-state index is 0.243. The largest absolute Gasteiger partial charge is 0.449 e. The van der Waals surface area contributed by atoms with E-state index in [1.54, 1.807) is 4.90 Å². The summed E-state index contributed by atoms with van der Waals surface area (Å²) in [6.07, 6.45) is 0.827. The zero-order valence-corrected chi connectivity index (χ0v) is 15.4. The van der Waals surface area contributed by atoms with Crippen molar-refractivity contribution >= 4 is 12.4 Å². The maximum atomic E-state index is 13.1. The second-order valence-corrected chi connectivity index (χ2v) is 6.78. The predicted molar refractivity (Wildman–Crippen MR) is 107 cm³/mol. The van der Waals surface area contributed by atoms with Crippen LogP contribution in [0, 0.1) is 0 Å². The first-order valence-corrected chi connectivity index (χ1v) is 9.36. The molecule has 4 heteroatoms. The first-order valence-electron chi connectivity index (χ1n) is 9.36. The van der Waals surface area contributed by atoms with E-state index in [-0.39, 0.29) is 6.61 Å². The molecule has 1 heterocycles. The van der Waals surface area contributed by atoms with Crippen LogP contribution in [0.3, 0.4) is 0 Å². The maximum absolute atomic E-state index is 13.1. The Balaban J connectivity index is 2.10. The Labute approximate surface area is 164 Å². The summed E-state index contributed by atoms with van der Waals surface area (Å²) in [6.45, 7) is 0.243. The first-order chi connectivity index (χ1) is 13.8. The van der Waals surface area contributed by atoms with Gasteiger partial charge in [-0.2, -0.15) is 0 Å². The highest BCUT2D eigenvalue weighted by molar-refractivity contribution is 5.78. The quantitative estimate of drug-likeness (QED) is 0.494. The lowest BCUT2D eigenvalue weighted by atomic mass is 9.74.